The van der Waals surface area contributed by atoms with E-state index >= 15 is 0 Å². The van der Waals surface area contributed by atoms with Crippen molar-refractivity contribution in [3.05, 3.63) is 45.0 Å². The molecule has 0 spiro atoms. The predicted octanol–water partition coefficient (Wildman–Crippen LogP) is 1.81. The topological polar surface area (TPSA) is 135 Å². The third kappa shape index (κ3) is 4.79. The number of hydrogen-bond acceptors (Lipinski definition) is 6. The number of carbonyl (C=O) groups excluding carboxylic acids is 2. The van der Waals surface area contributed by atoms with E-state index in [1.165, 1.54) is 15.7 Å². The molecule has 2 aromatic heterocycles. The summed E-state index contributed by atoms with van der Waals surface area (Å²) in [5.74, 6) is -0.469. The van der Waals surface area contributed by atoms with Crippen LogP contribution in [0.2, 0.25) is 0 Å². The minimum atomic E-state index is -0.658. The van der Waals surface area contributed by atoms with E-state index in [-0.39, 0.29) is 35.0 Å². The van der Waals surface area contributed by atoms with Crippen molar-refractivity contribution in [3.8, 4) is 0 Å². The Bertz CT molecular complexity index is 1050. The first-order valence-electron chi connectivity index (χ1n) is 11.2. The molecule has 0 aromatic carbocycles. The van der Waals surface area contributed by atoms with Crippen LogP contribution < -0.4 is 21.9 Å². The van der Waals surface area contributed by atoms with Crippen LogP contribution in [-0.4, -0.2) is 45.9 Å². The molecular formula is C22H31N5O5. The van der Waals surface area contributed by atoms with Gasteiger partial charge in [0.2, 0.25) is 5.91 Å². The van der Waals surface area contributed by atoms with Gasteiger partial charge in [0.25, 0.3) is 11.5 Å². The molecule has 0 saturated carbocycles. The van der Waals surface area contributed by atoms with Crippen LogP contribution in [0, 0.1) is 5.92 Å². The molecule has 1 saturated heterocycles. The molecule has 0 atom stereocenters. The van der Waals surface area contributed by atoms with Gasteiger partial charge < -0.3 is 20.0 Å². The number of rotatable bonds is 8. The summed E-state index contributed by atoms with van der Waals surface area (Å²) in [5.41, 5.74) is 5.01. The molecule has 0 unspecified atom stereocenters. The molecule has 10 nitrogen and oxygen atoms in total. The summed E-state index contributed by atoms with van der Waals surface area (Å²) in [6.45, 7) is 5.40. The number of piperidine rings is 1. The fourth-order valence-corrected chi connectivity index (χ4v) is 4.04. The van der Waals surface area contributed by atoms with Gasteiger partial charge in [-0.05, 0) is 37.8 Å². The van der Waals surface area contributed by atoms with Crippen LogP contribution in [0.1, 0.15) is 56.5 Å². The van der Waals surface area contributed by atoms with Crippen molar-refractivity contribution in [2.24, 2.45) is 5.92 Å². The van der Waals surface area contributed by atoms with Gasteiger partial charge in [0, 0.05) is 32.1 Å². The third-order valence-electron chi connectivity index (χ3n) is 5.80. The van der Waals surface area contributed by atoms with E-state index < -0.39 is 11.2 Å². The Labute approximate surface area is 186 Å². The standard InChI is InChI=1S/C22H31N5O5/c1-3-5-11-26(17-18(23)27(10-4-2)22(31)24-19(17)28)20(29)15-8-12-25(13-9-15)21(30)16-7-6-14-32-16/h6-7,14-15H,3-5,8-13,23H2,1-2H3,(H,24,28,31). The maximum Gasteiger partial charge on any atom is 0.330 e. The molecule has 32 heavy (non-hydrogen) atoms. The second-order valence-corrected chi connectivity index (χ2v) is 8.03. The van der Waals surface area contributed by atoms with E-state index in [0.29, 0.717) is 51.9 Å². The number of furan rings is 1. The number of nitrogens with one attached hydrogen (secondary N) is 1. The number of nitrogens with zero attached hydrogens (tertiary/aromatic N) is 3. The summed E-state index contributed by atoms with van der Waals surface area (Å²) in [7, 11) is 0. The van der Waals surface area contributed by atoms with Gasteiger partial charge in [0.15, 0.2) is 11.4 Å². The highest BCUT2D eigenvalue weighted by Gasteiger charge is 2.33. The number of carbonyl (C=O) groups is 2. The molecule has 3 rings (SSSR count). The zero-order valence-corrected chi connectivity index (χ0v) is 18.6. The number of H-pyrrole nitrogens is 1. The Morgan fingerprint density at radius 3 is 2.53 bits per heavy atom. The molecule has 174 valence electrons. The van der Waals surface area contributed by atoms with Crippen LogP contribution >= 0.6 is 0 Å². The van der Waals surface area contributed by atoms with E-state index in [2.05, 4.69) is 4.98 Å². The highest BCUT2D eigenvalue weighted by molar-refractivity contribution is 5.97. The first-order chi connectivity index (χ1) is 15.4. The zero-order chi connectivity index (χ0) is 23.3. The summed E-state index contributed by atoms with van der Waals surface area (Å²) in [4.78, 5) is 56.2. The summed E-state index contributed by atoms with van der Waals surface area (Å²) >= 11 is 0. The molecule has 10 heteroatoms. The lowest BCUT2D eigenvalue weighted by molar-refractivity contribution is -0.123. The summed E-state index contributed by atoms with van der Waals surface area (Å²) in [5, 5.41) is 0. The van der Waals surface area contributed by atoms with Gasteiger partial charge in [-0.25, -0.2) is 4.79 Å². The SMILES string of the molecule is CCCCN(C(=O)C1CCN(C(=O)c2ccco2)CC1)c1c(N)n(CCC)c(=O)[nH]c1=O. The number of hydrogen-bond donors (Lipinski definition) is 2. The van der Waals surface area contributed by atoms with Crippen LogP contribution in [0.4, 0.5) is 11.5 Å². The largest absolute Gasteiger partial charge is 0.459 e. The molecule has 3 N–H and O–H groups in total. The zero-order valence-electron chi connectivity index (χ0n) is 18.6. The van der Waals surface area contributed by atoms with E-state index in [1.807, 2.05) is 13.8 Å². The minimum absolute atomic E-state index is 0.00971. The molecule has 2 amide bonds. The van der Waals surface area contributed by atoms with Crippen molar-refractivity contribution in [3.63, 3.8) is 0 Å². The molecule has 0 bridgehead atoms. The van der Waals surface area contributed by atoms with E-state index in [1.54, 1.807) is 17.0 Å². The molecule has 1 aliphatic heterocycles. The van der Waals surface area contributed by atoms with Gasteiger partial charge in [-0.1, -0.05) is 20.3 Å². The number of unbranched alkanes of at least 4 members (excludes halogenated alkanes) is 1. The molecule has 1 aliphatic rings. The average molecular weight is 446 g/mol. The van der Waals surface area contributed by atoms with Crippen molar-refractivity contribution in [2.75, 3.05) is 30.3 Å². The van der Waals surface area contributed by atoms with E-state index in [9.17, 15) is 19.2 Å². The highest BCUT2D eigenvalue weighted by atomic mass is 16.3. The quantitative estimate of drug-likeness (QED) is 0.636. The molecule has 0 radical (unpaired) electrons. The van der Waals surface area contributed by atoms with Crippen molar-refractivity contribution < 1.29 is 14.0 Å². The van der Waals surface area contributed by atoms with Crippen molar-refractivity contribution >= 4 is 23.3 Å². The molecule has 2 aromatic rings. The monoisotopic (exact) mass is 445 g/mol. The maximum absolute atomic E-state index is 13.5. The average Bonchev–Trinajstić information content (AvgIpc) is 3.33. The van der Waals surface area contributed by atoms with Crippen molar-refractivity contribution in [1.82, 2.24) is 14.5 Å². The molecule has 0 aliphatic carbocycles. The fraction of sp³-hybridized carbons (Fsp3) is 0.545. The highest BCUT2D eigenvalue weighted by Crippen LogP contribution is 2.26. The van der Waals surface area contributed by atoms with Crippen LogP contribution in [0.3, 0.4) is 0 Å². The van der Waals surface area contributed by atoms with Gasteiger partial charge >= 0.3 is 5.69 Å². The van der Waals surface area contributed by atoms with E-state index in [4.69, 9.17) is 10.2 Å². The third-order valence-corrected chi connectivity index (χ3v) is 5.80. The van der Waals surface area contributed by atoms with Crippen molar-refractivity contribution in [2.45, 2.75) is 52.5 Å². The Morgan fingerprint density at radius 2 is 1.94 bits per heavy atom. The van der Waals surface area contributed by atoms with E-state index in [0.717, 1.165) is 6.42 Å². The van der Waals surface area contributed by atoms with Crippen LogP contribution in [0.25, 0.3) is 0 Å². The number of anilines is 2. The summed E-state index contributed by atoms with van der Waals surface area (Å²) in [6, 6.07) is 3.28. The number of aromatic nitrogens is 2. The lowest BCUT2D eigenvalue weighted by atomic mass is 9.94. The normalized spacial score (nSPS) is 14.5. The first-order valence-corrected chi connectivity index (χ1v) is 11.2. The second kappa shape index (κ2) is 10.3. The van der Waals surface area contributed by atoms with Gasteiger partial charge in [-0.3, -0.25) is 23.9 Å². The van der Waals surface area contributed by atoms with Crippen LogP contribution in [-0.2, 0) is 11.3 Å². The Balaban J connectivity index is 1.82. The molecule has 3 heterocycles. The Hall–Kier alpha value is -3.30. The van der Waals surface area contributed by atoms with Crippen molar-refractivity contribution in [1.29, 1.82) is 0 Å². The lowest BCUT2D eigenvalue weighted by Crippen LogP contribution is -2.47. The maximum atomic E-state index is 13.5. The molecule has 1 fully saturated rings. The van der Waals surface area contributed by atoms with Crippen LogP contribution in [0.5, 0.6) is 0 Å². The lowest BCUT2D eigenvalue weighted by Gasteiger charge is -2.34. The van der Waals surface area contributed by atoms with Gasteiger partial charge in [-0.15, -0.1) is 0 Å². The number of aromatic amines is 1. The smallest absolute Gasteiger partial charge is 0.330 e. The number of amides is 2. The minimum Gasteiger partial charge on any atom is -0.459 e. The number of likely N-dealkylation sites (tertiary alicyclic amines) is 1. The summed E-state index contributed by atoms with van der Waals surface area (Å²) in [6.07, 6.45) is 4.57. The van der Waals surface area contributed by atoms with Gasteiger partial charge in [-0.2, -0.15) is 0 Å². The Morgan fingerprint density at radius 1 is 1.22 bits per heavy atom. The number of nitrogens with two attached hydrogens (primary N) is 1. The second-order valence-electron chi connectivity index (χ2n) is 8.03. The van der Waals surface area contributed by atoms with Gasteiger partial charge in [0.05, 0.1) is 6.26 Å². The summed E-state index contributed by atoms with van der Waals surface area (Å²) < 4.78 is 6.48. The predicted molar refractivity (Wildman–Crippen MR) is 121 cm³/mol. The van der Waals surface area contributed by atoms with Crippen LogP contribution in [0.15, 0.2) is 32.4 Å². The number of nitrogen functional groups attached to an aromatic ring is 1. The van der Waals surface area contributed by atoms with Gasteiger partial charge in [0.1, 0.15) is 5.82 Å². The Kier molecular flexibility index (Phi) is 7.55. The molecular weight excluding hydrogens is 414 g/mol. The first kappa shape index (κ1) is 23.4. The fourth-order valence-electron chi connectivity index (χ4n) is 4.04.